The van der Waals surface area contributed by atoms with E-state index >= 15 is 0 Å². The number of esters is 1. The van der Waals surface area contributed by atoms with E-state index in [1.54, 1.807) is 0 Å². The zero-order valence-electron chi connectivity index (χ0n) is 16.9. The zero-order valence-corrected chi connectivity index (χ0v) is 16.9. The maximum Gasteiger partial charge on any atom is 0.313 e. The van der Waals surface area contributed by atoms with Crippen LogP contribution in [0.15, 0.2) is 11.6 Å². The van der Waals surface area contributed by atoms with Crippen LogP contribution >= 0.6 is 0 Å². The van der Waals surface area contributed by atoms with Gasteiger partial charge < -0.3 is 9.84 Å². The summed E-state index contributed by atoms with van der Waals surface area (Å²) in [7, 11) is 0. The van der Waals surface area contributed by atoms with Crippen LogP contribution in [0.3, 0.4) is 0 Å². The average Bonchev–Trinajstić information content (AvgIpc) is 2.56. The minimum atomic E-state index is -0.590. The molecule has 1 aliphatic rings. The quantitative estimate of drug-likeness (QED) is 0.474. The summed E-state index contributed by atoms with van der Waals surface area (Å²) in [4.78, 5) is 24.0. The van der Waals surface area contributed by atoms with Crippen LogP contribution < -0.4 is 0 Å². The molecule has 0 amide bonds. The SMILES string of the molecule is CC[C@@H]1C(=O)O[C@@H]1[C@@H](C)C/C(C)=C/[C@@H](C)C(=O)[C@@H](C)[C@@H](O)[C@@H](C)CC. The van der Waals surface area contributed by atoms with E-state index in [9.17, 15) is 14.7 Å². The number of carbonyl (C=O) groups is 2. The van der Waals surface area contributed by atoms with E-state index < -0.39 is 6.10 Å². The van der Waals surface area contributed by atoms with Gasteiger partial charge in [-0.2, -0.15) is 0 Å². The van der Waals surface area contributed by atoms with Crippen molar-refractivity contribution in [3.8, 4) is 0 Å². The number of Topliss-reactive ketones (excluding diaryl/α,β-unsaturated/α-hetero) is 1. The van der Waals surface area contributed by atoms with Crippen LogP contribution in [-0.2, 0) is 14.3 Å². The predicted octanol–water partition coefficient (Wildman–Crippen LogP) is 4.16. The first-order chi connectivity index (χ1) is 11.6. The third-order valence-electron chi connectivity index (χ3n) is 5.77. The van der Waals surface area contributed by atoms with Gasteiger partial charge in [0.2, 0.25) is 0 Å². The molecular formula is C21H36O4. The number of rotatable bonds is 10. The number of hydrogen-bond donors (Lipinski definition) is 1. The summed E-state index contributed by atoms with van der Waals surface area (Å²) in [5, 5.41) is 10.3. The molecule has 1 rings (SSSR count). The smallest absolute Gasteiger partial charge is 0.313 e. The molecule has 0 aliphatic carbocycles. The second kappa shape index (κ2) is 9.51. The largest absolute Gasteiger partial charge is 0.461 e. The van der Waals surface area contributed by atoms with Crippen LogP contribution in [0.1, 0.15) is 67.7 Å². The maximum absolute atomic E-state index is 12.6. The maximum atomic E-state index is 12.6. The van der Waals surface area contributed by atoms with E-state index in [-0.39, 0.29) is 47.4 Å². The number of aliphatic hydroxyl groups is 1. The van der Waals surface area contributed by atoms with E-state index in [0.717, 1.165) is 24.8 Å². The van der Waals surface area contributed by atoms with Gasteiger partial charge in [-0.25, -0.2) is 0 Å². The molecule has 1 saturated heterocycles. The van der Waals surface area contributed by atoms with Crippen molar-refractivity contribution in [1.29, 1.82) is 0 Å². The molecule has 0 radical (unpaired) electrons. The van der Waals surface area contributed by atoms with Crippen molar-refractivity contribution in [2.45, 2.75) is 79.9 Å². The molecule has 0 unspecified atom stereocenters. The van der Waals surface area contributed by atoms with Gasteiger partial charge in [-0.3, -0.25) is 9.59 Å². The lowest BCUT2D eigenvalue weighted by atomic mass is 9.81. The van der Waals surface area contributed by atoms with Crippen molar-refractivity contribution in [3.05, 3.63) is 11.6 Å². The van der Waals surface area contributed by atoms with Crippen LogP contribution in [-0.4, -0.2) is 29.1 Å². The van der Waals surface area contributed by atoms with Crippen molar-refractivity contribution in [1.82, 2.24) is 0 Å². The Kier molecular flexibility index (Phi) is 8.33. The molecule has 7 atom stereocenters. The summed E-state index contributed by atoms with van der Waals surface area (Å²) in [6.07, 6.45) is 3.90. The molecule has 4 nitrogen and oxygen atoms in total. The highest BCUT2D eigenvalue weighted by molar-refractivity contribution is 5.85. The topological polar surface area (TPSA) is 63.6 Å². The molecule has 1 heterocycles. The van der Waals surface area contributed by atoms with E-state index in [2.05, 4.69) is 6.92 Å². The van der Waals surface area contributed by atoms with Gasteiger partial charge in [0.05, 0.1) is 12.0 Å². The molecule has 0 saturated carbocycles. The van der Waals surface area contributed by atoms with E-state index in [4.69, 9.17) is 4.74 Å². The van der Waals surface area contributed by atoms with Crippen LogP contribution in [0.25, 0.3) is 0 Å². The van der Waals surface area contributed by atoms with Crippen LogP contribution in [0.4, 0.5) is 0 Å². The minimum absolute atomic E-state index is 0.00185. The molecule has 1 fully saturated rings. The number of carbonyl (C=O) groups excluding carboxylic acids is 2. The van der Waals surface area contributed by atoms with Crippen molar-refractivity contribution in [3.63, 3.8) is 0 Å². The third-order valence-corrected chi connectivity index (χ3v) is 5.77. The van der Waals surface area contributed by atoms with Gasteiger partial charge in [-0.15, -0.1) is 0 Å². The summed E-state index contributed by atoms with van der Waals surface area (Å²) in [5.41, 5.74) is 1.14. The molecule has 0 aromatic heterocycles. The lowest BCUT2D eigenvalue weighted by Crippen LogP contribution is -2.48. The number of cyclic esters (lactones) is 1. The molecular weight excluding hydrogens is 316 g/mol. The Balaban J connectivity index is 2.62. The molecule has 25 heavy (non-hydrogen) atoms. The van der Waals surface area contributed by atoms with E-state index in [1.807, 2.05) is 47.6 Å². The summed E-state index contributed by atoms with van der Waals surface area (Å²) >= 11 is 0. The van der Waals surface area contributed by atoms with Crippen molar-refractivity contribution < 1.29 is 19.4 Å². The van der Waals surface area contributed by atoms with Crippen molar-refractivity contribution in [2.75, 3.05) is 0 Å². The third kappa shape index (κ3) is 5.40. The van der Waals surface area contributed by atoms with Gasteiger partial charge in [0.1, 0.15) is 11.9 Å². The van der Waals surface area contributed by atoms with Gasteiger partial charge >= 0.3 is 5.97 Å². The minimum Gasteiger partial charge on any atom is -0.461 e. The van der Waals surface area contributed by atoms with E-state index in [0.29, 0.717) is 0 Å². The number of hydrogen-bond acceptors (Lipinski definition) is 4. The van der Waals surface area contributed by atoms with Crippen molar-refractivity contribution in [2.24, 2.45) is 29.6 Å². The van der Waals surface area contributed by atoms with Gasteiger partial charge in [0.25, 0.3) is 0 Å². The molecule has 4 heteroatoms. The van der Waals surface area contributed by atoms with Gasteiger partial charge in [0.15, 0.2) is 0 Å². The predicted molar refractivity (Wildman–Crippen MR) is 100.0 cm³/mol. The van der Waals surface area contributed by atoms with Crippen LogP contribution in [0.5, 0.6) is 0 Å². The standard InChI is InChI=1S/C21H36O4/c1-8-13(4)18(22)16(7)19(23)14(5)10-12(3)11-15(6)20-17(9-2)21(24)25-20/h10,13-18,20,22H,8-9,11H2,1-7H3/b12-10+/t13-,14+,15-,16-,17-,18-,20+/m0/s1. The fourth-order valence-corrected chi connectivity index (χ4v) is 3.80. The van der Waals surface area contributed by atoms with Gasteiger partial charge in [-0.05, 0) is 31.6 Å². The Morgan fingerprint density at radius 1 is 1.24 bits per heavy atom. The molecule has 0 aromatic rings. The highest BCUT2D eigenvalue weighted by Crippen LogP contribution is 2.34. The average molecular weight is 353 g/mol. The highest BCUT2D eigenvalue weighted by atomic mass is 16.6. The summed E-state index contributed by atoms with van der Waals surface area (Å²) < 4.78 is 5.30. The molecule has 1 aliphatic heterocycles. The lowest BCUT2D eigenvalue weighted by Gasteiger charge is -2.38. The van der Waals surface area contributed by atoms with Crippen molar-refractivity contribution >= 4 is 11.8 Å². The normalized spacial score (nSPS) is 26.9. The van der Waals surface area contributed by atoms with E-state index in [1.165, 1.54) is 0 Å². The summed E-state index contributed by atoms with van der Waals surface area (Å²) in [6, 6.07) is 0. The fraction of sp³-hybridized carbons (Fsp3) is 0.810. The fourth-order valence-electron chi connectivity index (χ4n) is 3.80. The zero-order chi connectivity index (χ0) is 19.3. The monoisotopic (exact) mass is 352 g/mol. The second-order valence-corrected chi connectivity index (χ2v) is 7.97. The molecule has 144 valence electrons. The number of aliphatic hydroxyl groups excluding tert-OH is 1. The van der Waals surface area contributed by atoms with Crippen LogP contribution in [0, 0.1) is 29.6 Å². The first kappa shape index (κ1) is 21.9. The lowest BCUT2D eigenvalue weighted by molar-refractivity contribution is -0.191. The second-order valence-electron chi connectivity index (χ2n) is 7.97. The molecule has 0 bridgehead atoms. The first-order valence-electron chi connectivity index (χ1n) is 9.73. The molecule has 1 N–H and O–H groups in total. The Morgan fingerprint density at radius 3 is 2.32 bits per heavy atom. The number of ether oxygens (including phenoxy) is 1. The first-order valence-corrected chi connectivity index (χ1v) is 9.73. The Morgan fingerprint density at radius 2 is 1.84 bits per heavy atom. The van der Waals surface area contributed by atoms with Gasteiger partial charge in [0, 0.05) is 11.8 Å². The van der Waals surface area contributed by atoms with Crippen LogP contribution in [0.2, 0.25) is 0 Å². The number of allylic oxidation sites excluding steroid dienone is 2. The summed E-state index contributed by atoms with van der Waals surface area (Å²) in [5.74, 6) is -0.179. The highest BCUT2D eigenvalue weighted by Gasteiger charge is 2.43. The Labute approximate surface area is 153 Å². The summed E-state index contributed by atoms with van der Waals surface area (Å²) in [6.45, 7) is 13.9. The Hall–Kier alpha value is -1.16. The molecule has 0 spiro atoms. The Bertz CT molecular complexity index is 496. The molecule has 0 aromatic carbocycles. The number of ketones is 1. The van der Waals surface area contributed by atoms with Gasteiger partial charge in [-0.1, -0.05) is 59.6 Å².